The molecule has 0 atom stereocenters. The molecule has 1 rings (SSSR count). The number of carboxylic acid groups (broad SMARTS) is 1. The summed E-state index contributed by atoms with van der Waals surface area (Å²) in [6, 6.07) is 2.90. The molecule has 1 aromatic rings. The van der Waals surface area contributed by atoms with E-state index >= 15 is 0 Å². The predicted molar refractivity (Wildman–Crippen MR) is 68.8 cm³/mol. The monoisotopic (exact) mass is 272 g/mol. The largest absolute Gasteiger partial charge is 0.478 e. The highest BCUT2D eigenvalue weighted by Gasteiger charge is 2.08. The van der Waals surface area contributed by atoms with Crippen LogP contribution in [0, 0.1) is 0 Å². The molecular formula is C11H16N2O4S. The van der Waals surface area contributed by atoms with Crippen LogP contribution < -0.4 is 5.32 Å². The van der Waals surface area contributed by atoms with Crippen LogP contribution in [-0.4, -0.2) is 43.0 Å². The summed E-state index contributed by atoms with van der Waals surface area (Å²) < 4.78 is 21.9. The highest BCUT2D eigenvalue weighted by atomic mass is 32.2. The number of rotatable bonds is 6. The molecule has 0 radical (unpaired) electrons. The average Bonchev–Trinajstić information content (AvgIpc) is 2.26. The third-order valence-corrected chi connectivity index (χ3v) is 3.21. The van der Waals surface area contributed by atoms with Gasteiger partial charge in [-0.3, -0.25) is 0 Å². The summed E-state index contributed by atoms with van der Waals surface area (Å²) in [5, 5.41) is 11.8. The molecule has 100 valence electrons. The van der Waals surface area contributed by atoms with Crippen LogP contribution in [0.1, 0.15) is 23.0 Å². The zero-order valence-electron chi connectivity index (χ0n) is 10.3. The summed E-state index contributed by atoms with van der Waals surface area (Å²) in [5.41, 5.74) is 0.792. The Morgan fingerprint density at radius 1 is 1.44 bits per heavy atom. The van der Waals surface area contributed by atoms with Crippen LogP contribution in [-0.2, 0) is 16.3 Å². The topological polar surface area (TPSA) is 96.4 Å². The second-order valence-corrected chi connectivity index (χ2v) is 6.21. The quantitative estimate of drug-likeness (QED) is 0.795. The molecule has 1 aromatic heterocycles. The molecule has 0 bridgehead atoms. The summed E-state index contributed by atoms with van der Waals surface area (Å²) in [7, 11) is -3.04. The van der Waals surface area contributed by atoms with Gasteiger partial charge in [0.05, 0.1) is 11.3 Å². The van der Waals surface area contributed by atoms with E-state index in [2.05, 4.69) is 10.3 Å². The lowest BCUT2D eigenvalue weighted by atomic mass is 10.2. The van der Waals surface area contributed by atoms with Crippen molar-refractivity contribution >= 4 is 21.6 Å². The number of pyridine rings is 1. The van der Waals surface area contributed by atoms with Crippen molar-refractivity contribution in [1.82, 2.24) is 4.98 Å². The Labute approximate surface area is 106 Å². The van der Waals surface area contributed by atoms with E-state index in [0.717, 1.165) is 6.26 Å². The van der Waals surface area contributed by atoms with E-state index in [4.69, 9.17) is 5.11 Å². The average molecular weight is 272 g/mol. The van der Waals surface area contributed by atoms with Crippen molar-refractivity contribution < 1.29 is 18.3 Å². The molecule has 0 saturated carbocycles. The molecule has 0 aromatic carbocycles. The van der Waals surface area contributed by atoms with Crippen molar-refractivity contribution in [2.24, 2.45) is 0 Å². The Hall–Kier alpha value is -1.63. The highest BCUT2D eigenvalue weighted by Crippen LogP contribution is 2.11. The van der Waals surface area contributed by atoms with Crippen LogP contribution in [0.4, 0.5) is 5.82 Å². The van der Waals surface area contributed by atoms with E-state index in [1.165, 1.54) is 12.1 Å². The van der Waals surface area contributed by atoms with E-state index < -0.39 is 15.8 Å². The van der Waals surface area contributed by atoms with Gasteiger partial charge in [0, 0.05) is 18.5 Å². The predicted octanol–water partition coefficient (Wildman–Crippen LogP) is 0.799. The zero-order valence-corrected chi connectivity index (χ0v) is 11.1. The van der Waals surface area contributed by atoms with Crippen molar-refractivity contribution in [3.8, 4) is 0 Å². The molecule has 0 unspecified atom stereocenters. The van der Waals surface area contributed by atoms with Crippen LogP contribution in [0.5, 0.6) is 0 Å². The van der Waals surface area contributed by atoms with E-state index in [1.54, 1.807) is 0 Å². The Balaban J connectivity index is 2.82. The van der Waals surface area contributed by atoms with Crippen LogP contribution in [0.2, 0.25) is 0 Å². The number of hydrogen-bond donors (Lipinski definition) is 2. The molecule has 0 fully saturated rings. The first-order valence-corrected chi connectivity index (χ1v) is 7.53. The fourth-order valence-corrected chi connectivity index (χ4v) is 1.82. The van der Waals surface area contributed by atoms with Gasteiger partial charge in [-0.05, 0) is 18.6 Å². The zero-order chi connectivity index (χ0) is 13.8. The number of sulfone groups is 1. The van der Waals surface area contributed by atoms with E-state index in [9.17, 15) is 13.2 Å². The third kappa shape index (κ3) is 4.70. The Morgan fingerprint density at radius 3 is 2.61 bits per heavy atom. The summed E-state index contributed by atoms with van der Waals surface area (Å²) in [5.74, 6) is -0.665. The van der Waals surface area contributed by atoms with Crippen molar-refractivity contribution in [3.63, 3.8) is 0 Å². The van der Waals surface area contributed by atoms with Gasteiger partial charge in [-0.25, -0.2) is 18.2 Å². The van der Waals surface area contributed by atoms with Crippen LogP contribution >= 0.6 is 0 Å². The van der Waals surface area contributed by atoms with Crippen LogP contribution in [0.3, 0.4) is 0 Å². The van der Waals surface area contributed by atoms with Gasteiger partial charge in [0.15, 0.2) is 0 Å². The van der Waals surface area contributed by atoms with Crippen molar-refractivity contribution in [2.45, 2.75) is 13.3 Å². The fraction of sp³-hybridized carbons (Fsp3) is 0.455. The molecule has 0 saturated heterocycles. The first kappa shape index (κ1) is 14.4. The SMILES string of the molecule is CCc1cc(C(=O)O)cc(NCCS(C)(=O)=O)n1. The number of hydrogen-bond acceptors (Lipinski definition) is 5. The summed E-state index contributed by atoms with van der Waals surface area (Å²) in [4.78, 5) is 15.1. The number of aromatic nitrogens is 1. The minimum Gasteiger partial charge on any atom is -0.478 e. The number of aryl methyl sites for hydroxylation is 1. The second kappa shape index (κ2) is 5.81. The van der Waals surface area contributed by atoms with E-state index in [-0.39, 0.29) is 17.9 Å². The maximum atomic E-state index is 11.0. The molecule has 2 N–H and O–H groups in total. The molecule has 0 aliphatic rings. The molecule has 0 aliphatic heterocycles. The maximum Gasteiger partial charge on any atom is 0.335 e. The van der Waals surface area contributed by atoms with Gasteiger partial charge in [0.25, 0.3) is 0 Å². The lowest BCUT2D eigenvalue weighted by Crippen LogP contribution is -2.15. The normalized spacial score (nSPS) is 11.2. The second-order valence-electron chi connectivity index (χ2n) is 3.95. The lowest BCUT2D eigenvalue weighted by Gasteiger charge is -2.07. The molecule has 6 nitrogen and oxygen atoms in total. The summed E-state index contributed by atoms with van der Waals surface area (Å²) in [6.45, 7) is 2.08. The third-order valence-electron chi connectivity index (χ3n) is 2.27. The molecule has 0 aliphatic carbocycles. The molecule has 0 amide bonds. The van der Waals surface area contributed by atoms with Gasteiger partial charge < -0.3 is 10.4 Å². The van der Waals surface area contributed by atoms with Gasteiger partial charge in [0.1, 0.15) is 15.7 Å². The van der Waals surface area contributed by atoms with Crippen molar-refractivity contribution in [3.05, 3.63) is 23.4 Å². The Bertz CT molecular complexity index is 540. The van der Waals surface area contributed by atoms with Crippen molar-refractivity contribution in [1.29, 1.82) is 0 Å². The number of carboxylic acids is 1. The minimum atomic E-state index is -3.04. The van der Waals surface area contributed by atoms with Gasteiger partial charge in [-0.1, -0.05) is 6.92 Å². The first-order valence-electron chi connectivity index (χ1n) is 5.47. The van der Waals surface area contributed by atoms with Gasteiger partial charge in [-0.2, -0.15) is 0 Å². The molecular weight excluding hydrogens is 256 g/mol. The first-order chi connectivity index (χ1) is 8.31. The van der Waals surface area contributed by atoms with Crippen LogP contribution in [0.15, 0.2) is 12.1 Å². The minimum absolute atomic E-state index is 0.0204. The number of anilines is 1. The van der Waals surface area contributed by atoms with Gasteiger partial charge >= 0.3 is 5.97 Å². The molecule has 1 heterocycles. The lowest BCUT2D eigenvalue weighted by molar-refractivity contribution is 0.0696. The number of nitrogens with one attached hydrogen (secondary N) is 1. The summed E-state index contributed by atoms with van der Waals surface area (Å²) in [6.07, 6.45) is 1.76. The fourth-order valence-electron chi connectivity index (χ4n) is 1.35. The van der Waals surface area contributed by atoms with Crippen molar-refractivity contribution in [2.75, 3.05) is 23.9 Å². The van der Waals surface area contributed by atoms with E-state index in [0.29, 0.717) is 17.9 Å². The molecule has 0 spiro atoms. The number of carbonyl (C=O) groups is 1. The standard InChI is InChI=1S/C11H16N2O4S/c1-3-9-6-8(11(14)15)7-10(13-9)12-4-5-18(2,16)17/h6-7H,3-5H2,1-2H3,(H,12,13)(H,14,15). The highest BCUT2D eigenvalue weighted by molar-refractivity contribution is 7.90. The summed E-state index contributed by atoms with van der Waals surface area (Å²) >= 11 is 0. The van der Waals surface area contributed by atoms with Crippen LogP contribution in [0.25, 0.3) is 0 Å². The maximum absolute atomic E-state index is 11.0. The Morgan fingerprint density at radius 2 is 2.11 bits per heavy atom. The smallest absolute Gasteiger partial charge is 0.335 e. The molecule has 18 heavy (non-hydrogen) atoms. The van der Waals surface area contributed by atoms with Gasteiger partial charge in [-0.15, -0.1) is 0 Å². The number of aromatic carboxylic acids is 1. The van der Waals surface area contributed by atoms with E-state index in [1.807, 2.05) is 6.92 Å². The van der Waals surface area contributed by atoms with Gasteiger partial charge in [0.2, 0.25) is 0 Å². The Kier molecular flexibility index (Phi) is 4.66. The molecule has 7 heteroatoms. The number of nitrogens with zero attached hydrogens (tertiary/aromatic N) is 1.